The third-order valence-corrected chi connectivity index (χ3v) is 4.18. The van der Waals surface area contributed by atoms with Crippen molar-refractivity contribution in [3.63, 3.8) is 0 Å². The van der Waals surface area contributed by atoms with Gasteiger partial charge in [-0.3, -0.25) is 4.79 Å². The van der Waals surface area contributed by atoms with Crippen molar-refractivity contribution >= 4 is 21.8 Å². The zero-order valence-electron chi connectivity index (χ0n) is 11.5. The van der Waals surface area contributed by atoms with Gasteiger partial charge in [-0.15, -0.1) is 0 Å². The third-order valence-electron chi connectivity index (χ3n) is 3.82. The van der Waals surface area contributed by atoms with E-state index >= 15 is 0 Å². The van der Waals surface area contributed by atoms with Crippen LogP contribution in [0.2, 0.25) is 0 Å². The van der Waals surface area contributed by atoms with E-state index in [9.17, 15) is 4.79 Å². The Hall–Kier alpha value is -0.770. The first kappa shape index (κ1) is 14.6. The lowest BCUT2D eigenvalue weighted by atomic mass is 9.94. The molecule has 1 fully saturated rings. The standard InChI is InChI=1S/C15H22BrNO2/c1-2-13-8-9-14(19-13)15(18)17(11-10-16)12-6-4-3-5-7-12/h8-9,12H,2-7,10-11H2,1H3. The lowest BCUT2D eigenvalue weighted by Gasteiger charge is -2.33. The molecular weight excluding hydrogens is 306 g/mol. The van der Waals surface area contributed by atoms with Crippen LogP contribution in [-0.4, -0.2) is 28.7 Å². The maximum Gasteiger partial charge on any atom is 0.289 e. The Bertz CT molecular complexity index is 410. The Morgan fingerprint density at radius 3 is 2.68 bits per heavy atom. The summed E-state index contributed by atoms with van der Waals surface area (Å²) in [5, 5.41) is 0.816. The number of carbonyl (C=O) groups is 1. The molecule has 1 amide bonds. The number of amides is 1. The van der Waals surface area contributed by atoms with Crippen molar-refractivity contribution in [3.05, 3.63) is 23.7 Å². The molecule has 0 saturated heterocycles. The fourth-order valence-corrected chi connectivity index (χ4v) is 3.14. The summed E-state index contributed by atoms with van der Waals surface area (Å²) in [4.78, 5) is 14.6. The smallest absolute Gasteiger partial charge is 0.289 e. The van der Waals surface area contributed by atoms with Crippen molar-refractivity contribution in [1.82, 2.24) is 4.90 Å². The highest BCUT2D eigenvalue weighted by atomic mass is 79.9. The van der Waals surface area contributed by atoms with Gasteiger partial charge in [-0.1, -0.05) is 42.1 Å². The summed E-state index contributed by atoms with van der Waals surface area (Å²) < 4.78 is 5.61. The van der Waals surface area contributed by atoms with Gasteiger partial charge in [0.05, 0.1) is 0 Å². The maximum atomic E-state index is 12.6. The molecule has 1 saturated carbocycles. The molecule has 106 valence electrons. The van der Waals surface area contributed by atoms with Crippen LogP contribution in [0.25, 0.3) is 0 Å². The first-order valence-electron chi connectivity index (χ1n) is 7.22. The van der Waals surface area contributed by atoms with E-state index in [1.807, 2.05) is 24.0 Å². The summed E-state index contributed by atoms with van der Waals surface area (Å²) in [6.07, 6.45) is 6.84. The van der Waals surface area contributed by atoms with Gasteiger partial charge < -0.3 is 9.32 Å². The van der Waals surface area contributed by atoms with Crippen molar-refractivity contribution in [2.75, 3.05) is 11.9 Å². The quantitative estimate of drug-likeness (QED) is 0.765. The van der Waals surface area contributed by atoms with E-state index in [-0.39, 0.29) is 5.91 Å². The molecule has 0 radical (unpaired) electrons. The predicted molar refractivity (Wildman–Crippen MR) is 79.8 cm³/mol. The molecule has 1 aromatic heterocycles. The van der Waals surface area contributed by atoms with Crippen LogP contribution in [0.3, 0.4) is 0 Å². The van der Waals surface area contributed by atoms with Gasteiger partial charge in [0.25, 0.3) is 5.91 Å². The Morgan fingerprint density at radius 2 is 2.11 bits per heavy atom. The van der Waals surface area contributed by atoms with Gasteiger partial charge in [-0.25, -0.2) is 0 Å². The van der Waals surface area contributed by atoms with E-state index in [4.69, 9.17) is 4.42 Å². The highest BCUT2D eigenvalue weighted by molar-refractivity contribution is 9.09. The molecule has 1 aliphatic carbocycles. The molecule has 1 aliphatic rings. The molecule has 0 spiro atoms. The number of furan rings is 1. The number of aryl methyl sites for hydroxylation is 1. The zero-order chi connectivity index (χ0) is 13.7. The van der Waals surface area contributed by atoms with Gasteiger partial charge in [0.1, 0.15) is 5.76 Å². The number of alkyl halides is 1. The summed E-state index contributed by atoms with van der Waals surface area (Å²) in [6.45, 7) is 2.79. The number of carbonyl (C=O) groups excluding carboxylic acids is 1. The van der Waals surface area contributed by atoms with Gasteiger partial charge in [0, 0.05) is 24.3 Å². The molecule has 2 rings (SSSR count). The van der Waals surface area contributed by atoms with Crippen LogP contribution in [0.15, 0.2) is 16.5 Å². The van der Waals surface area contributed by atoms with E-state index in [0.29, 0.717) is 11.8 Å². The lowest BCUT2D eigenvalue weighted by molar-refractivity contribution is 0.0617. The molecule has 0 unspecified atom stereocenters. The minimum absolute atomic E-state index is 0.0473. The summed E-state index contributed by atoms with van der Waals surface area (Å²) in [5.41, 5.74) is 0. The molecule has 0 aliphatic heterocycles. The van der Waals surface area contributed by atoms with Crippen LogP contribution >= 0.6 is 15.9 Å². The molecule has 0 bridgehead atoms. The number of nitrogens with zero attached hydrogens (tertiary/aromatic N) is 1. The summed E-state index contributed by atoms with van der Waals surface area (Å²) in [7, 11) is 0. The first-order valence-corrected chi connectivity index (χ1v) is 8.34. The topological polar surface area (TPSA) is 33.5 Å². The second kappa shape index (κ2) is 7.13. The molecule has 0 atom stereocenters. The van der Waals surface area contributed by atoms with E-state index < -0.39 is 0 Å². The van der Waals surface area contributed by atoms with E-state index in [1.54, 1.807) is 0 Å². The molecule has 19 heavy (non-hydrogen) atoms. The number of hydrogen-bond donors (Lipinski definition) is 0. The largest absolute Gasteiger partial charge is 0.456 e. The molecule has 1 heterocycles. The maximum absolute atomic E-state index is 12.6. The average Bonchev–Trinajstić information content (AvgIpc) is 2.94. The SMILES string of the molecule is CCc1ccc(C(=O)N(CCBr)C2CCCCC2)o1. The molecule has 1 aromatic rings. The molecule has 0 aromatic carbocycles. The second-order valence-electron chi connectivity index (χ2n) is 5.10. The third kappa shape index (κ3) is 3.62. The first-order chi connectivity index (χ1) is 9.26. The summed E-state index contributed by atoms with van der Waals surface area (Å²) >= 11 is 3.45. The van der Waals surface area contributed by atoms with E-state index in [1.165, 1.54) is 19.3 Å². The average molecular weight is 328 g/mol. The Balaban J connectivity index is 2.10. The molecular formula is C15H22BrNO2. The van der Waals surface area contributed by atoms with Gasteiger partial charge >= 0.3 is 0 Å². The Labute approximate surface area is 123 Å². The molecule has 3 nitrogen and oxygen atoms in total. The fraction of sp³-hybridized carbons (Fsp3) is 0.667. The van der Waals surface area contributed by atoms with E-state index in [0.717, 1.165) is 36.9 Å². The van der Waals surface area contributed by atoms with Gasteiger partial charge in [0.2, 0.25) is 0 Å². The molecule has 4 heteroatoms. The van der Waals surface area contributed by atoms with Crippen LogP contribution in [-0.2, 0) is 6.42 Å². The van der Waals surface area contributed by atoms with Crippen LogP contribution in [0.1, 0.15) is 55.3 Å². The van der Waals surface area contributed by atoms with E-state index in [2.05, 4.69) is 15.9 Å². The van der Waals surface area contributed by atoms with Crippen LogP contribution in [0, 0.1) is 0 Å². The van der Waals surface area contributed by atoms with Gasteiger partial charge in [0.15, 0.2) is 5.76 Å². The summed E-state index contributed by atoms with van der Waals surface area (Å²) in [6, 6.07) is 4.10. The van der Waals surface area contributed by atoms with Crippen molar-refractivity contribution < 1.29 is 9.21 Å². The number of rotatable bonds is 5. The van der Waals surface area contributed by atoms with Crippen LogP contribution in [0.4, 0.5) is 0 Å². The fourth-order valence-electron chi connectivity index (χ4n) is 2.76. The number of hydrogen-bond acceptors (Lipinski definition) is 2. The van der Waals surface area contributed by atoms with Crippen LogP contribution in [0.5, 0.6) is 0 Å². The highest BCUT2D eigenvalue weighted by Gasteiger charge is 2.27. The minimum atomic E-state index is 0.0473. The second-order valence-corrected chi connectivity index (χ2v) is 5.89. The lowest BCUT2D eigenvalue weighted by Crippen LogP contribution is -2.42. The van der Waals surface area contributed by atoms with Gasteiger partial charge in [-0.2, -0.15) is 0 Å². The van der Waals surface area contributed by atoms with Gasteiger partial charge in [-0.05, 0) is 25.0 Å². The van der Waals surface area contributed by atoms with Crippen molar-refractivity contribution in [1.29, 1.82) is 0 Å². The van der Waals surface area contributed by atoms with Crippen molar-refractivity contribution in [2.45, 2.75) is 51.5 Å². The van der Waals surface area contributed by atoms with Crippen molar-refractivity contribution in [2.24, 2.45) is 0 Å². The number of halogens is 1. The molecule has 0 N–H and O–H groups in total. The Morgan fingerprint density at radius 1 is 1.37 bits per heavy atom. The monoisotopic (exact) mass is 327 g/mol. The zero-order valence-corrected chi connectivity index (χ0v) is 13.1. The minimum Gasteiger partial charge on any atom is -0.456 e. The summed E-state index contributed by atoms with van der Waals surface area (Å²) in [5.74, 6) is 1.42. The predicted octanol–water partition coefficient (Wildman–Crippen LogP) is 4.01. The Kier molecular flexibility index (Phi) is 5.49. The normalized spacial score (nSPS) is 16.5. The van der Waals surface area contributed by atoms with Crippen molar-refractivity contribution in [3.8, 4) is 0 Å². The van der Waals surface area contributed by atoms with Crippen LogP contribution < -0.4 is 0 Å². The highest BCUT2D eigenvalue weighted by Crippen LogP contribution is 2.24.